The Morgan fingerprint density at radius 1 is 0.812 bits per heavy atom. The summed E-state index contributed by atoms with van der Waals surface area (Å²) in [5.74, 6) is 0. The predicted octanol–water partition coefficient (Wildman–Crippen LogP) is 4.98. The van der Waals surface area contributed by atoms with Crippen molar-refractivity contribution in [3.63, 3.8) is 0 Å². The fraction of sp³-hybridized carbons (Fsp3) is 0.200. The molecule has 0 N–H and O–H groups in total. The van der Waals surface area contributed by atoms with Crippen molar-refractivity contribution in [1.82, 2.24) is 0 Å². The van der Waals surface area contributed by atoms with E-state index in [-0.39, 0.29) is 0 Å². The van der Waals surface area contributed by atoms with Crippen LogP contribution in [0.25, 0.3) is 20.2 Å². The molecule has 0 spiro atoms. The number of thiophene rings is 1. The van der Waals surface area contributed by atoms with E-state index in [1.54, 1.807) is 0 Å². The van der Waals surface area contributed by atoms with Crippen LogP contribution in [-0.2, 0) is 0 Å². The van der Waals surface area contributed by atoms with E-state index >= 15 is 0 Å². The van der Waals surface area contributed by atoms with Crippen LogP contribution in [0.5, 0.6) is 0 Å². The third-order valence-electron chi connectivity index (χ3n) is 3.13. The summed E-state index contributed by atoms with van der Waals surface area (Å²) in [6.07, 6.45) is 0. The quantitative estimate of drug-likeness (QED) is 0.507. The SMILES string of the molecule is Cc1cc(C)c2sc3c(C)cccc3c2c1. The van der Waals surface area contributed by atoms with Gasteiger partial charge in [0.1, 0.15) is 0 Å². The van der Waals surface area contributed by atoms with E-state index in [0.717, 1.165) is 0 Å². The molecule has 3 rings (SSSR count). The largest absolute Gasteiger partial charge is 0.135 e. The lowest BCUT2D eigenvalue weighted by molar-refractivity contribution is 1.44. The van der Waals surface area contributed by atoms with E-state index in [2.05, 4.69) is 51.1 Å². The highest BCUT2D eigenvalue weighted by atomic mass is 32.1. The molecule has 1 heteroatoms. The molecular formula is C15H14S. The maximum absolute atomic E-state index is 2.31. The molecule has 0 bridgehead atoms. The number of rotatable bonds is 0. The van der Waals surface area contributed by atoms with Crippen LogP contribution in [0.4, 0.5) is 0 Å². The molecular weight excluding hydrogens is 212 g/mol. The molecule has 0 saturated heterocycles. The van der Waals surface area contributed by atoms with Crippen LogP contribution >= 0.6 is 11.3 Å². The second-order valence-electron chi connectivity index (χ2n) is 4.51. The van der Waals surface area contributed by atoms with Crippen LogP contribution in [0.2, 0.25) is 0 Å². The van der Waals surface area contributed by atoms with Gasteiger partial charge in [-0.05, 0) is 38.0 Å². The normalized spacial score (nSPS) is 11.4. The van der Waals surface area contributed by atoms with Crippen LogP contribution in [0, 0.1) is 20.8 Å². The van der Waals surface area contributed by atoms with E-state index in [1.807, 2.05) is 11.3 Å². The smallest absolute Gasteiger partial charge is 0.0384 e. The first kappa shape index (κ1) is 9.86. The molecule has 0 nitrogen and oxygen atoms in total. The summed E-state index contributed by atoms with van der Waals surface area (Å²) in [4.78, 5) is 0. The van der Waals surface area contributed by atoms with Crippen molar-refractivity contribution in [2.75, 3.05) is 0 Å². The molecule has 0 aliphatic carbocycles. The van der Waals surface area contributed by atoms with Crippen LogP contribution in [0.3, 0.4) is 0 Å². The zero-order chi connectivity index (χ0) is 11.3. The lowest BCUT2D eigenvalue weighted by Gasteiger charge is -1.98. The van der Waals surface area contributed by atoms with Crippen molar-refractivity contribution in [2.24, 2.45) is 0 Å². The van der Waals surface area contributed by atoms with Gasteiger partial charge in [0.05, 0.1) is 0 Å². The van der Waals surface area contributed by atoms with E-state index in [9.17, 15) is 0 Å². The number of benzene rings is 2. The van der Waals surface area contributed by atoms with E-state index < -0.39 is 0 Å². The van der Waals surface area contributed by atoms with Gasteiger partial charge in [-0.15, -0.1) is 11.3 Å². The Balaban J connectivity index is 2.61. The molecule has 2 aromatic carbocycles. The third-order valence-corrected chi connectivity index (χ3v) is 4.62. The first-order chi connectivity index (χ1) is 7.66. The number of aryl methyl sites for hydroxylation is 3. The number of hydrogen-bond donors (Lipinski definition) is 0. The van der Waals surface area contributed by atoms with Crippen LogP contribution < -0.4 is 0 Å². The molecule has 1 heterocycles. The zero-order valence-corrected chi connectivity index (χ0v) is 10.6. The summed E-state index contributed by atoms with van der Waals surface area (Å²) in [5, 5.41) is 2.83. The van der Waals surface area contributed by atoms with Gasteiger partial charge in [0.2, 0.25) is 0 Å². The standard InChI is InChI=1S/C15H14S/c1-9-7-11(3)15-13(8-9)12-6-4-5-10(2)14(12)16-15/h4-8H,1-3H3. The molecule has 0 unspecified atom stereocenters. The van der Waals surface area contributed by atoms with Crippen molar-refractivity contribution >= 4 is 31.5 Å². The van der Waals surface area contributed by atoms with Crippen molar-refractivity contribution in [2.45, 2.75) is 20.8 Å². The predicted molar refractivity (Wildman–Crippen MR) is 73.5 cm³/mol. The van der Waals surface area contributed by atoms with Gasteiger partial charge in [-0.25, -0.2) is 0 Å². The van der Waals surface area contributed by atoms with Crippen LogP contribution in [0.15, 0.2) is 30.3 Å². The summed E-state index contributed by atoms with van der Waals surface area (Å²) < 4.78 is 2.88. The molecule has 0 atom stereocenters. The topological polar surface area (TPSA) is 0 Å². The average Bonchev–Trinajstić information content (AvgIpc) is 2.59. The monoisotopic (exact) mass is 226 g/mol. The summed E-state index contributed by atoms with van der Waals surface area (Å²) in [5.41, 5.74) is 4.14. The first-order valence-corrected chi connectivity index (χ1v) is 6.37. The number of hydrogen-bond acceptors (Lipinski definition) is 1. The summed E-state index contributed by atoms with van der Waals surface area (Å²) in [7, 11) is 0. The van der Waals surface area contributed by atoms with E-state index in [1.165, 1.54) is 36.9 Å². The molecule has 0 saturated carbocycles. The Morgan fingerprint density at radius 2 is 1.56 bits per heavy atom. The van der Waals surface area contributed by atoms with Gasteiger partial charge in [-0.1, -0.05) is 29.8 Å². The highest BCUT2D eigenvalue weighted by molar-refractivity contribution is 7.26. The first-order valence-electron chi connectivity index (χ1n) is 5.56. The molecule has 0 aliphatic heterocycles. The summed E-state index contributed by atoms with van der Waals surface area (Å²) in [6.45, 7) is 6.58. The summed E-state index contributed by atoms with van der Waals surface area (Å²) >= 11 is 1.92. The molecule has 0 radical (unpaired) electrons. The van der Waals surface area contributed by atoms with Gasteiger partial charge in [0.15, 0.2) is 0 Å². The molecule has 0 fully saturated rings. The van der Waals surface area contributed by atoms with Crippen molar-refractivity contribution in [3.05, 3.63) is 47.0 Å². The third kappa shape index (κ3) is 1.28. The van der Waals surface area contributed by atoms with Gasteiger partial charge in [-0.3, -0.25) is 0 Å². The van der Waals surface area contributed by atoms with Crippen LogP contribution in [0.1, 0.15) is 16.7 Å². The zero-order valence-electron chi connectivity index (χ0n) is 9.79. The Bertz CT molecular complexity index is 689. The van der Waals surface area contributed by atoms with Crippen LogP contribution in [-0.4, -0.2) is 0 Å². The second kappa shape index (κ2) is 3.33. The Labute approximate surface area is 99.5 Å². The fourth-order valence-corrected chi connectivity index (χ4v) is 3.61. The summed E-state index contributed by atoms with van der Waals surface area (Å²) in [6, 6.07) is 11.2. The fourth-order valence-electron chi connectivity index (χ4n) is 2.39. The Morgan fingerprint density at radius 3 is 2.38 bits per heavy atom. The van der Waals surface area contributed by atoms with E-state index in [4.69, 9.17) is 0 Å². The second-order valence-corrected chi connectivity index (χ2v) is 5.53. The highest BCUT2D eigenvalue weighted by Gasteiger charge is 2.08. The van der Waals surface area contributed by atoms with Gasteiger partial charge in [0, 0.05) is 20.2 Å². The van der Waals surface area contributed by atoms with Gasteiger partial charge >= 0.3 is 0 Å². The average molecular weight is 226 g/mol. The minimum absolute atomic E-state index is 1.35. The molecule has 16 heavy (non-hydrogen) atoms. The number of fused-ring (bicyclic) bond motifs is 3. The Hall–Kier alpha value is -1.34. The lowest BCUT2D eigenvalue weighted by Crippen LogP contribution is -1.76. The highest BCUT2D eigenvalue weighted by Crippen LogP contribution is 2.37. The lowest BCUT2D eigenvalue weighted by atomic mass is 10.1. The van der Waals surface area contributed by atoms with Gasteiger partial charge in [0.25, 0.3) is 0 Å². The molecule has 3 aromatic rings. The van der Waals surface area contributed by atoms with Gasteiger partial charge < -0.3 is 0 Å². The molecule has 80 valence electrons. The maximum atomic E-state index is 2.31. The molecule has 1 aromatic heterocycles. The molecule has 0 amide bonds. The van der Waals surface area contributed by atoms with Crippen molar-refractivity contribution in [3.8, 4) is 0 Å². The minimum Gasteiger partial charge on any atom is -0.135 e. The van der Waals surface area contributed by atoms with Crippen molar-refractivity contribution < 1.29 is 0 Å². The minimum atomic E-state index is 1.35. The van der Waals surface area contributed by atoms with Gasteiger partial charge in [-0.2, -0.15) is 0 Å². The van der Waals surface area contributed by atoms with Crippen molar-refractivity contribution in [1.29, 1.82) is 0 Å². The van der Waals surface area contributed by atoms with E-state index in [0.29, 0.717) is 0 Å². The maximum Gasteiger partial charge on any atom is 0.0384 e. The Kier molecular flexibility index (Phi) is 2.05. The molecule has 0 aliphatic rings.